The van der Waals surface area contributed by atoms with Gasteiger partial charge in [0.25, 0.3) is 10.1 Å². The molecule has 12 unspecified atom stereocenters. The van der Waals surface area contributed by atoms with E-state index in [1.807, 2.05) is 19.1 Å². The van der Waals surface area contributed by atoms with Gasteiger partial charge < -0.3 is 4.74 Å². The number of fused-ring (bicyclic) bond motifs is 7. The first-order chi connectivity index (χ1) is 19.4. The molecule has 0 radical (unpaired) electrons. The standard InChI is InChI=1S/C35H50O5S/c1-21-6-9-27(10-7-21)41(37,38)40-26-13-14-33(4)25(17-26)8-11-28-29(33)18-31(36)34(5)30(28)16-24-19-35(23(3)32(24)34)15-12-22(2)20-39-35/h6-7,9-10,22-26,28-30,32H,8,11-20H2,1-5H3. The molecule has 5 aliphatic carbocycles. The molecule has 7 rings (SSSR count). The minimum Gasteiger partial charge on any atom is -0.374 e. The Labute approximate surface area is 247 Å². The molecule has 5 saturated carbocycles. The number of hydrogen-bond donors (Lipinski definition) is 0. The van der Waals surface area contributed by atoms with Crippen LogP contribution >= 0.6 is 0 Å². The zero-order chi connectivity index (χ0) is 28.9. The van der Waals surface area contributed by atoms with Crippen molar-refractivity contribution in [1.82, 2.24) is 0 Å². The van der Waals surface area contributed by atoms with Crippen LogP contribution in [0, 0.1) is 65.1 Å². The Hall–Kier alpha value is -1.24. The maximum absolute atomic E-state index is 14.4. The van der Waals surface area contributed by atoms with Crippen LogP contribution in [0.5, 0.6) is 0 Å². The largest absolute Gasteiger partial charge is 0.374 e. The summed E-state index contributed by atoms with van der Waals surface area (Å²) in [6.45, 7) is 12.3. The van der Waals surface area contributed by atoms with Crippen LogP contribution in [0.15, 0.2) is 29.2 Å². The van der Waals surface area contributed by atoms with Gasteiger partial charge in [0.1, 0.15) is 5.78 Å². The lowest BCUT2D eigenvalue weighted by Gasteiger charge is -2.60. The highest BCUT2D eigenvalue weighted by Gasteiger charge is 2.70. The highest BCUT2D eigenvalue weighted by molar-refractivity contribution is 7.86. The molecule has 0 N–H and O–H groups in total. The van der Waals surface area contributed by atoms with E-state index in [-0.39, 0.29) is 27.4 Å². The molecule has 1 aliphatic heterocycles. The molecule has 12 atom stereocenters. The third-order valence-corrected chi connectivity index (χ3v) is 15.4. The van der Waals surface area contributed by atoms with Crippen molar-refractivity contribution in [2.45, 2.75) is 115 Å². The first-order valence-corrected chi connectivity index (χ1v) is 18.0. The van der Waals surface area contributed by atoms with E-state index >= 15 is 0 Å². The molecule has 5 nitrogen and oxygen atoms in total. The summed E-state index contributed by atoms with van der Waals surface area (Å²) in [7, 11) is -3.78. The molecule has 6 heteroatoms. The third-order valence-electron chi connectivity index (χ3n) is 14.0. The van der Waals surface area contributed by atoms with E-state index in [1.165, 1.54) is 19.3 Å². The van der Waals surface area contributed by atoms with E-state index in [0.717, 1.165) is 50.7 Å². The summed E-state index contributed by atoms with van der Waals surface area (Å²) in [5.74, 6) is 4.59. The van der Waals surface area contributed by atoms with Gasteiger partial charge in [-0.05, 0) is 130 Å². The summed E-state index contributed by atoms with van der Waals surface area (Å²) in [6, 6.07) is 6.94. The molecule has 6 aliphatic rings. The van der Waals surface area contributed by atoms with Crippen molar-refractivity contribution >= 4 is 15.9 Å². The van der Waals surface area contributed by atoms with E-state index in [9.17, 15) is 13.2 Å². The Morgan fingerprint density at radius 1 is 0.951 bits per heavy atom. The van der Waals surface area contributed by atoms with E-state index in [2.05, 4.69) is 27.7 Å². The van der Waals surface area contributed by atoms with Gasteiger partial charge >= 0.3 is 0 Å². The van der Waals surface area contributed by atoms with Crippen molar-refractivity contribution in [3.63, 3.8) is 0 Å². The van der Waals surface area contributed by atoms with Crippen molar-refractivity contribution in [2.75, 3.05) is 6.61 Å². The summed E-state index contributed by atoms with van der Waals surface area (Å²) in [4.78, 5) is 14.6. The Kier molecular flexibility index (Phi) is 6.70. The Bertz CT molecular complexity index is 1300. The number of carbonyl (C=O) groups is 1. The molecule has 226 valence electrons. The van der Waals surface area contributed by atoms with Crippen molar-refractivity contribution in [2.24, 2.45) is 58.2 Å². The van der Waals surface area contributed by atoms with E-state index in [4.69, 9.17) is 8.92 Å². The minimum absolute atomic E-state index is 0.00606. The summed E-state index contributed by atoms with van der Waals surface area (Å²) >= 11 is 0. The number of hydrogen-bond acceptors (Lipinski definition) is 5. The van der Waals surface area contributed by atoms with Crippen LogP contribution in [0.3, 0.4) is 0 Å². The van der Waals surface area contributed by atoms with Crippen molar-refractivity contribution in [1.29, 1.82) is 0 Å². The van der Waals surface area contributed by atoms with Crippen LogP contribution in [-0.2, 0) is 23.8 Å². The van der Waals surface area contributed by atoms with Gasteiger partial charge in [0.15, 0.2) is 0 Å². The molecule has 1 aromatic rings. The molecule has 1 saturated heterocycles. The molecule has 1 heterocycles. The first-order valence-electron chi connectivity index (χ1n) is 16.5. The van der Waals surface area contributed by atoms with Crippen LogP contribution in [0.2, 0.25) is 0 Å². The number of aryl methyl sites for hydroxylation is 1. The Morgan fingerprint density at radius 2 is 1.71 bits per heavy atom. The van der Waals surface area contributed by atoms with Crippen LogP contribution in [0.4, 0.5) is 0 Å². The second-order valence-electron chi connectivity index (χ2n) is 15.9. The molecule has 0 bridgehead atoms. The number of benzene rings is 1. The fourth-order valence-corrected chi connectivity index (χ4v) is 12.9. The average molecular weight is 583 g/mol. The number of ketones is 1. The van der Waals surface area contributed by atoms with Gasteiger partial charge in [-0.1, -0.05) is 45.4 Å². The SMILES string of the molecule is Cc1ccc(S(=O)(=O)OC2CCC3(C)C(CCC4C3CC(=O)C3(C)C4CC4CC5(CCC(C)CO5)C(C)C43)C2)cc1. The minimum atomic E-state index is -3.78. The zero-order valence-corrected chi connectivity index (χ0v) is 26.5. The summed E-state index contributed by atoms with van der Waals surface area (Å²) < 4.78 is 38.6. The lowest BCUT2D eigenvalue weighted by atomic mass is 9.44. The monoisotopic (exact) mass is 582 g/mol. The fraction of sp³-hybridized carbons (Fsp3) is 0.800. The highest BCUT2D eigenvalue weighted by Crippen LogP contribution is 2.72. The summed E-state index contributed by atoms with van der Waals surface area (Å²) in [5, 5.41) is 0. The maximum atomic E-state index is 14.4. The lowest BCUT2D eigenvalue weighted by Crippen LogP contribution is -2.58. The molecule has 6 fully saturated rings. The molecule has 1 spiro atoms. The van der Waals surface area contributed by atoms with Gasteiger partial charge in [0.05, 0.1) is 16.6 Å². The highest BCUT2D eigenvalue weighted by atomic mass is 32.2. The molecule has 1 aromatic carbocycles. The summed E-state index contributed by atoms with van der Waals surface area (Å²) in [5.41, 5.74) is 0.894. The van der Waals surface area contributed by atoms with Crippen molar-refractivity contribution in [3.8, 4) is 0 Å². The Morgan fingerprint density at radius 3 is 2.41 bits per heavy atom. The van der Waals surface area contributed by atoms with Gasteiger partial charge in [0.2, 0.25) is 0 Å². The number of ether oxygens (including phenoxy) is 1. The van der Waals surface area contributed by atoms with Gasteiger partial charge in [-0.15, -0.1) is 0 Å². The lowest BCUT2D eigenvalue weighted by molar-refractivity contribution is -0.167. The van der Waals surface area contributed by atoms with E-state index in [0.29, 0.717) is 59.5 Å². The summed E-state index contributed by atoms with van der Waals surface area (Å²) in [6.07, 6.45) is 9.95. The second-order valence-corrected chi connectivity index (χ2v) is 17.4. The van der Waals surface area contributed by atoms with Gasteiger partial charge in [-0.2, -0.15) is 8.42 Å². The second kappa shape index (κ2) is 9.63. The van der Waals surface area contributed by atoms with Crippen molar-refractivity contribution < 1.29 is 22.1 Å². The molecular formula is C35H50O5S. The molecular weight excluding hydrogens is 532 g/mol. The van der Waals surface area contributed by atoms with Crippen LogP contribution in [0.1, 0.15) is 97.5 Å². The predicted octanol–water partition coefficient (Wildman–Crippen LogP) is 7.36. The molecule has 0 amide bonds. The maximum Gasteiger partial charge on any atom is 0.297 e. The molecule has 41 heavy (non-hydrogen) atoms. The average Bonchev–Trinajstić information content (AvgIpc) is 3.38. The number of rotatable bonds is 3. The third kappa shape index (κ3) is 4.19. The van der Waals surface area contributed by atoms with E-state index in [1.54, 1.807) is 12.1 Å². The smallest absolute Gasteiger partial charge is 0.297 e. The van der Waals surface area contributed by atoms with Gasteiger partial charge in [-0.25, -0.2) is 0 Å². The van der Waals surface area contributed by atoms with Gasteiger partial charge in [0, 0.05) is 18.4 Å². The quantitative estimate of drug-likeness (QED) is 0.348. The topological polar surface area (TPSA) is 69.7 Å². The fourth-order valence-electron chi connectivity index (χ4n) is 11.7. The molecule has 0 aromatic heterocycles. The van der Waals surface area contributed by atoms with Gasteiger partial charge in [-0.3, -0.25) is 8.98 Å². The van der Waals surface area contributed by atoms with Crippen LogP contribution < -0.4 is 0 Å². The van der Waals surface area contributed by atoms with Crippen molar-refractivity contribution in [3.05, 3.63) is 29.8 Å². The Balaban J connectivity index is 1.08. The number of Topliss-reactive ketones (excluding diaryl/α,β-unsaturated/α-hetero) is 1. The van der Waals surface area contributed by atoms with Crippen LogP contribution in [0.25, 0.3) is 0 Å². The van der Waals surface area contributed by atoms with E-state index < -0.39 is 10.1 Å². The normalized spacial score (nSPS) is 49.3. The predicted molar refractivity (Wildman–Crippen MR) is 159 cm³/mol. The zero-order valence-electron chi connectivity index (χ0n) is 25.7. The first kappa shape index (κ1) is 28.5. The van der Waals surface area contributed by atoms with Crippen LogP contribution in [-0.4, -0.2) is 32.5 Å². The number of carbonyl (C=O) groups excluding carboxylic acids is 1.